The number of aryl methyl sites for hydroxylation is 2. The average molecular weight is 618 g/mol. The molecule has 0 bridgehead atoms. The zero-order valence-corrected chi connectivity index (χ0v) is 25.5. The highest BCUT2D eigenvalue weighted by molar-refractivity contribution is 7.90. The van der Waals surface area contributed by atoms with E-state index in [0.29, 0.717) is 60.4 Å². The van der Waals surface area contributed by atoms with Gasteiger partial charge in [-0.05, 0) is 43.7 Å². The van der Waals surface area contributed by atoms with Crippen LogP contribution in [0.1, 0.15) is 24.0 Å². The van der Waals surface area contributed by atoms with Crippen LogP contribution in [0.4, 0.5) is 16.4 Å². The Bertz CT molecular complexity index is 2050. The number of carbonyl (C=O) groups is 2. The maximum Gasteiger partial charge on any atom is 0.413 e. The molecule has 0 spiro atoms. The van der Waals surface area contributed by atoms with Gasteiger partial charge in [0.1, 0.15) is 17.5 Å². The molecule has 1 aromatic carbocycles. The maximum absolute atomic E-state index is 12.8. The van der Waals surface area contributed by atoms with Crippen molar-refractivity contribution in [3.8, 4) is 11.1 Å². The van der Waals surface area contributed by atoms with E-state index >= 15 is 0 Å². The molecule has 5 heterocycles. The monoisotopic (exact) mass is 617 g/mol. The molecule has 0 aliphatic carbocycles. The van der Waals surface area contributed by atoms with Crippen molar-refractivity contribution >= 4 is 44.8 Å². The van der Waals surface area contributed by atoms with Crippen LogP contribution in [0, 0.1) is 13.8 Å². The van der Waals surface area contributed by atoms with Gasteiger partial charge in [0, 0.05) is 57.2 Å². The van der Waals surface area contributed by atoms with Crippen LogP contribution in [-0.4, -0.2) is 92.1 Å². The first-order valence-electron chi connectivity index (χ1n) is 13.9. The Kier molecular flexibility index (Phi) is 7.19. The first-order valence-corrected chi connectivity index (χ1v) is 15.8. The van der Waals surface area contributed by atoms with Crippen LogP contribution in [-0.2, 0) is 21.2 Å². The number of nitrogens with zero attached hydrogens (tertiary/aromatic N) is 9. The van der Waals surface area contributed by atoms with Crippen LogP contribution in [0.5, 0.6) is 0 Å². The molecule has 6 rings (SSSR count). The van der Waals surface area contributed by atoms with E-state index in [2.05, 4.69) is 10.2 Å². The summed E-state index contributed by atoms with van der Waals surface area (Å²) in [5.74, 6) is 1.49. The minimum Gasteiger partial charge on any atom is -0.465 e. The number of piperazine rings is 1. The van der Waals surface area contributed by atoms with Crippen LogP contribution in [0.2, 0.25) is 0 Å². The third kappa shape index (κ3) is 5.30. The molecule has 0 atom stereocenters. The van der Waals surface area contributed by atoms with Crippen molar-refractivity contribution in [3.05, 3.63) is 65.7 Å². The number of aromatic nitrogens is 6. The quantitative estimate of drug-likeness (QED) is 0.300. The lowest BCUT2D eigenvalue weighted by atomic mass is 10.1. The number of hydrogen-bond donors (Lipinski definition) is 1. The van der Waals surface area contributed by atoms with E-state index in [9.17, 15) is 23.1 Å². The topological polar surface area (TPSA) is 159 Å². The number of sulfone groups is 1. The van der Waals surface area contributed by atoms with Crippen LogP contribution in [0.25, 0.3) is 22.4 Å². The average Bonchev–Trinajstić information content (AvgIpc) is 3.53. The molecule has 44 heavy (non-hydrogen) atoms. The summed E-state index contributed by atoms with van der Waals surface area (Å²) in [6.07, 6.45) is 1.77. The summed E-state index contributed by atoms with van der Waals surface area (Å²) in [6.45, 7) is 7.14. The Labute approximate surface area is 253 Å². The fourth-order valence-electron chi connectivity index (χ4n) is 5.50. The SMILES string of the molecule is CC(=O)N1CCN(c2cc(N(Cc3cccc(S(C)(=O)=O)c3)C(=O)O)n3nc(C)c(-c4ccc5nnc(C)n5c4)c3n2)CC1. The van der Waals surface area contributed by atoms with Gasteiger partial charge in [0.2, 0.25) is 5.91 Å². The Balaban J connectivity index is 1.52. The van der Waals surface area contributed by atoms with Crippen molar-refractivity contribution in [1.82, 2.24) is 34.1 Å². The second-order valence-corrected chi connectivity index (χ2v) is 12.9. The Morgan fingerprint density at radius 2 is 1.77 bits per heavy atom. The largest absolute Gasteiger partial charge is 0.465 e. The standard InChI is InChI=1S/C29H31N9O5S/c1-18-27(22-8-9-24-32-31-19(2)36(24)17-22)28-30-25(35-12-10-34(11-13-35)20(3)39)15-26(38(28)33-18)37(29(40)41)16-21-6-5-7-23(14-21)44(4,42)43/h5-9,14-15,17H,10-13,16H2,1-4H3,(H,40,41). The van der Waals surface area contributed by atoms with E-state index < -0.39 is 15.9 Å². The van der Waals surface area contributed by atoms with Crippen molar-refractivity contribution < 1.29 is 23.1 Å². The maximum atomic E-state index is 12.8. The minimum atomic E-state index is -3.50. The molecule has 4 aromatic heterocycles. The zero-order valence-electron chi connectivity index (χ0n) is 24.7. The van der Waals surface area contributed by atoms with Gasteiger partial charge in [-0.2, -0.15) is 9.61 Å². The highest BCUT2D eigenvalue weighted by atomic mass is 32.2. The summed E-state index contributed by atoms with van der Waals surface area (Å²) in [5, 5.41) is 23.5. The van der Waals surface area contributed by atoms with E-state index in [1.54, 1.807) is 23.1 Å². The van der Waals surface area contributed by atoms with Gasteiger partial charge in [0.15, 0.2) is 21.1 Å². The summed E-state index contributed by atoms with van der Waals surface area (Å²) >= 11 is 0. The molecule has 2 amide bonds. The third-order valence-corrected chi connectivity index (χ3v) is 8.93. The van der Waals surface area contributed by atoms with Crippen LogP contribution in [0.15, 0.2) is 53.6 Å². The molecule has 1 N–H and O–H groups in total. The van der Waals surface area contributed by atoms with Gasteiger partial charge in [-0.15, -0.1) is 10.2 Å². The Morgan fingerprint density at radius 3 is 2.45 bits per heavy atom. The number of rotatable bonds is 6. The normalized spacial score (nSPS) is 14.0. The molecule has 0 radical (unpaired) electrons. The number of amides is 2. The highest BCUT2D eigenvalue weighted by Crippen LogP contribution is 2.33. The summed E-state index contributed by atoms with van der Waals surface area (Å²) in [4.78, 5) is 34.8. The van der Waals surface area contributed by atoms with E-state index in [4.69, 9.17) is 10.1 Å². The fraction of sp³-hybridized carbons (Fsp3) is 0.310. The van der Waals surface area contributed by atoms with Crippen molar-refractivity contribution in [2.24, 2.45) is 0 Å². The molecule has 15 heteroatoms. The molecule has 1 saturated heterocycles. The van der Waals surface area contributed by atoms with Crippen molar-refractivity contribution in [1.29, 1.82) is 0 Å². The zero-order chi connectivity index (χ0) is 31.3. The van der Waals surface area contributed by atoms with Gasteiger partial charge in [-0.3, -0.25) is 14.1 Å². The number of anilines is 2. The second kappa shape index (κ2) is 10.9. The number of pyridine rings is 1. The number of carbonyl (C=O) groups excluding carboxylic acids is 1. The van der Waals surface area contributed by atoms with E-state index in [-0.39, 0.29) is 23.2 Å². The summed E-state index contributed by atoms with van der Waals surface area (Å²) in [5.41, 5.74) is 3.78. The van der Waals surface area contributed by atoms with Gasteiger partial charge in [-0.1, -0.05) is 12.1 Å². The molecule has 1 aliphatic heterocycles. The summed E-state index contributed by atoms with van der Waals surface area (Å²) < 4.78 is 27.8. The molecule has 0 saturated carbocycles. The van der Waals surface area contributed by atoms with Gasteiger partial charge < -0.3 is 14.9 Å². The smallest absolute Gasteiger partial charge is 0.413 e. The van der Waals surface area contributed by atoms with E-state index in [1.165, 1.54) is 23.6 Å². The molecule has 5 aromatic rings. The van der Waals surface area contributed by atoms with Crippen molar-refractivity contribution in [2.75, 3.05) is 42.2 Å². The van der Waals surface area contributed by atoms with Crippen LogP contribution in [0.3, 0.4) is 0 Å². The van der Waals surface area contributed by atoms with Crippen LogP contribution >= 0.6 is 0 Å². The molecule has 14 nitrogen and oxygen atoms in total. The van der Waals surface area contributed by atoms with Crippen LogP contribution < -0.4 is 9.80 Å². The highest BCUT2D eigenvalue weighted by Gasteiger charge is 2.27. The summed E-state index contributed by atoms with van der Waals surface area (Å²) in [6, 6.07) is 11.6. The number of carboxylic acid groups (broad SMARTS) is 1. The molecular formula is C29H31N9O5S. The lowest BCUT2D eigenvalue weighted by Gasteiger charge is -2.35. The molecule has 1 aliphatic rings. The van der Waals surface area contributed by atoms with Gasteiger partial charge in [0.05, 0.1) is 22.7 Å². The number of fused-ring (bicyclic) bond motifs is 2. The Hall–Kier alpha value is -5.05. The first kappa shape index (κ1) is 29.0. The second-order valence-electron chi connectivity index (χ2n) is 10.8. The van der Waals surface area contributed by atoms with E-state index in [0.717, 1.165) is 22.3 Å². The molecule has 1 fully saturated rings. The molecular weight excluding hydrogens is 586 g/mol. The number of hydrogen-bond acceptors (Lipinski definition) is 9. The lowest BCUT2D eigenvalue weighted by molar-refractivity contribution is -0.129. The molecule has 0 unspecified atom stereocenters. The minimum absolute atomic E-state index is 0.00416. The first-order chi connectivity index (χ1) is 20.9. The lowest BCUT2D eigenvalue weighted by Crippen LogP contribution is -2.48. The van der Waals surface area contributed by atoms with E-state index in [1.807, 2.05) is 41.5 Å². The number of benzene rings is 1. The van der Waals surface area contributed by atoms with Gasteiger partial charge in [-0.25, -0.2) is 18.2 Å². The van der Waals surface area contributed by atoms with Crippen molar-refractivity contribution in [2.45, 2.75) is 32.2 Å². The predicted molar refractivity (Wildman–Crippen MR) is 163 cm³/mol. The Morgan fingerprint density at radius 1 is 1.02 bits per heavy atom. The predicted octanol–water partition coefficient (Wildman–Crippen LogP) is 2.81. The van der Waals surface area contributed by atoms with Gasteiger partial charge in [0.25, 0.3) is 0 Å². The summed E-state index contributed by atoms with van der Waals surface area (Å²) in [7, 11) is -3.50. The van der Waals surface area contributed by atoms with Crippen molar-refractivity contribution in [3.63, 3.8) is 0 Å². The third-order valence-electron chi connectivity index (χ3n) is 7.82. The van der Waals surface area contributed by atoms with Gasteiger partial charge >= 0.3 is 6.09 Å². The fourth-order valence-corrected chi connectivity index (χ4v) is 6.19. The molecule has 228 valence electrons.